The summed E-state index contributed by atoms with van der Waals surface area (Å²) in [6.45, 7) is 0.254. The second-order valence-electron chi connectivity index (χ2n) is 4.90. The van der Waals surface area contributed by atoms with E-state index in [2.05, 4.69) is 25.6 Å². The molecule has 0 atom stereocenters. The van der Waals surface area contributed by atoms with Gasteiger partial charge in [-0.1, -0.05) is 24.3 Å². The summed E-state index contributed by atoms with van der Waals surface area (Å²) < 4.78 is 0. The highest BCUT2D eigenvalue weighted by Gasteiger charge is 2.13. The van der Waals surface area contributed by atoms with Gasteiger partial charge in [0.25, 0.3) is 0 Å². The summed E-state index contributed by atoms with van der Waals surface area (Å²) in [5.41, 5.74) is 1.60. The fraction of sp³-hybridized carbons (Fsp3) is 0.0625. The third-order valence-electron chi connectivity index (χ3n) is 3.22. The largest absolute Gasteiger partial charge is 0.476 e. The summed E-state index contributed by atoms with van der Waals surface area (Å²) in [6, 6.07) is 6.94. The van der Waals surface area contributed by atoms with E-state index in [1.54, 1.807) is 0 Å². The number of anilines is 1. The van der Waals surface area contributed by atoms with Crippen LogP contribution in [0.25, 0.3) is 10.6 Å². The molecule has 2 heterocycles. The maximum atomic E-state index is 11.9. The minimum atomic E-state index is -1.07. The first-order valence-electron chi connectivity index (χ1n) is 7.21. The SMILES string of the molecule is O=C(NCc1ccccc1-c1nc(C(=O)O)cs1)Nc1cnccn1. The molecule has 0 bridgehead atoms. The van der Waals surface area contributed by atoms with E-state index in [4.69, 9.17) is 5.11 Å². The summed E-state index contributed by atoms with van der Waals surface area (Å²) in [6.07, 6.45) is 4.43. The zero-order chi connectivity index (χ0) is 17.6. The van der Waals surface area contributed by atoms with E-state index < -0.39 is 12.0 Å². The number of carbonyl (C=O) groups excluding carboxylic acids is 1. The van der Waals surface area contributed by atoms with Crippen LogP contribution in [0.1, 0.15) is 16.1 Å². The number of amides is 2. The minimum absolute atomic E-state index is 0.00292. The second-order valence-corrected chi connectivity index (χ2v) is 5.76. The highest BCUT2D eigenvalue weighted by atomic mass is 32.1. The van der Waals surface area contributed by atoms with Crippen molar-refractivity contribution in [3.8, 4) is 10.6 Å². The van der Waals surface area contributed by atoms with Gasteiger partial charge in [0.2, 0.25) is 0 Å². The zero-order valence-electron chi connectivity index (χ0n) is 12.8. The van der Waals surface area contributed by atoms with Crippen molar-refractivity contribution in [3.05, 3.63) is 59.5 Å². The molecule has 3 aromatic rings. The number of urea groups is 1. The summed E-state index contributed by atoms with van der Waals surface area (Å²) in [5, 5.41) is 16.4. The Morgan fingerprint density at radius 1 is 1.20 bits per heavy atom. The lowest BCUT2D eigenvalue weighted by Gasteiger charge is -2.09. The molecule has 25 heavy (non-hydrogen) atoms. The van der Waals surface area contributed by atoms with Gasteiger partial charge >= 0.3 is 12.0 Å². The molecule has 2 aromatic heterocycles. The van der Waals surface area contributed by atoms with Gasteiger partial charge in [-0.3, -0.25) is 10.3 Å². The number of carboxylic acids is 1. The van der Waals surface area contributed by atoms with E-state index in [9.17, 15) is 9.59 Å². The predicted octanol–water partition coefficient (Wildman–Crippen LogP) is 2.62. The highest BCUT2D eigenvalue weighted by molar-refractivity contribution is 7.13. The van der Waals surface area contributed by atoms with E-state index in [0.29, 0.717) is 10.8 Å². The molecule has 0 aliphatic heterocycles. The monoisotopic (exact) mass is 355 g/mol. The summed E-state index contributed by atoms with van der Waals surface area (Å²) >= 11 is 1.24. The van der Waals surface area contributed by atoms with Crippen LogP contribution in [0, 0.1) is 0 Å². The molecule has 0 saturated heterocycles. The maximum Gasteiger partial charge on any atom is 0.355 e. The van der Waals surface area contributed by atoms with Gasteiger partial charge in [0.1, 0.15) is 5.01 Å². The number of benzene rings is 1. The zero-order valence-corrected chi connectivity index (χ0v) is 13.7. The average molecular weight is 355 g/mol. The predicted molar refractivity (Wildman–Crippen MR) is 92.4 cm³/mol. The Balaban J connectivity index is 1.70. The first kappa shape index (κ1) is 16.5. The van der Waals surface area contributed by atoms with Crippen LogP contribution in [0.3, 0.4) is 0 Å². The third kappa shape index (κ3) is 4.15. The number of aromatic nitrogens is 3. The number of rotatable bonds is 5. The Morgan fingerprint density at radius 2 is 2.04 bits per heavy atom. The van der Waals surface area contributed by atoms with Crippen LogP contribution in [0.5, 0.6) is 0 Å². The number of thiazole rings is 1. The summed E-state index contributed by atoms with van der Waals surface area (Å²) in [4.78, 5) is 34.9. The van der Waals surface area contributed by atoms with Crippen molar-refractivity contribution in [2.75, 3.05) is 5.32 Å². The number of carboxylic acid groups (broad SMARTS) is 1. The molecule has 0 fully saturated rings. The number of nitrogens with one attached hydrogen (secondary N) is 2. The Kier molecular flexibility index (Phi) is 4.95. The van der Waals surface area contributed by atoms with Crippen LogP contribution >= 0.6 is 11.3 Å². The van der Waals surface area contributed by atoms with Gasteiger partial charge < -0.3 is 10.4 Å². The molecule has 126 valence electrons. The van der Waals surface area contributed by atoms with Gasteiger partial charge in [-0.2, -0.15) is 0 Å². The van der Waals surface area contributed by atoms with Crippen LogP contribution < -0.4 is 10.6 Å². The third-order valence-corrected chi connectivity index (χ3v) is 4.09. The van der Waals surface area contributed by atoms with E-state index in [-0.39, 0.29) is 12.2 Å². The molecule has 1 aromatic carbocycles. The van der Waals surface area contributed by atoms with Crippen LogP contribution in [0.2, 0.25) is 0 Å². The minimum Gasteiger partial charge on any atom is -0.476 e. The lowest BCUT2D eigenvalue weighted by molar-refractivity contribution is 0.0691. The Hall–Kier alpha value is -3.33. The first-order chi connectivity index (χ1) is 12.1. The maximum absolute atomic E-state index is 11.9. The quantitative estimate of drug-likeness (QED) is 0.648. The lowest BCUT2D eigenvalue weighted by Crippen LogP contribution is -2.28. The molecule has 0 spiro atoms. The van der Waals surface area contributed by atoms with Crippen LogP contribution in [0.4, 0.5) is 10.6 Å². The molecular weight excluding hydrogens is 342 g/mol. The molecular formula is C16H13N5O3S. The van der Waals surface area contributed by atoms with E-state index >= 15 is 0 Å². The van der Waals surface area contributed by atoms with E-state index in [1.165, 1.54) is 35.3 Å². The van der Waals surface area contributed by atoms with E-state index in [1.807, 2.05) is 24.3 Å². The number of nitrogens with zero attached hydrogens (tertiary/aromatic N) is 3. The molecule has 2 amide bonds. The van der Waals surface area contributed by atoms with Gasteiger partial charge in [-0.15, -0.1) is 11.3 Å². The first-order valence-corrected chi connectivity index (χ1v) is 8.09. The van der Waals surface area contributed by atoms with Gasteiger partial charge in [-0.25, -0.2) is 19.6 Å². The van der Waals surface area contributed by atoms with Crippen LogP contribution in [-0.4, -0.2) is 32.1 Å². The smallest absolute Gasteiger partial charge is 0.355 e. The molecule has 0 aliphatic rings. The van der Waals surface area contributed by atoms with Crippen molar-refractivity contribution in [2.45, 2.75) is 6.54 Å². The second kappa shape index (κ2) is 7.49. The van der Waals surface area contributed by atoms with Crippen molar-refractivity contribution in [1.82, 2.24) is 20.3 Å². The Labute approximate surface area is 146 Å². The van der Waals surface area contributed by atoms with Gasteiger partial charge in [-0.05, 0) is 5.56 Å². The van der Waals surface area contributed by atoms with Crippen molar-refractivity contribution >= 4 is 29.2 Å². The number of aromatic carboxylic acids is 1. The summed E-state index contributed by atoms with van der Waals surface area (Å²) in [7, 11) is 0. The van der Waals surface area contributed by atoms with Crippen LogP contribution in [-0.2, 0) is 6.54 Å². The number of hydrogen-bond donors (Lipinski definition) is 3. The molecule has 8 nitrogen and oxygen atoms in total. The fourth-order valence-electron chi connectivity index (χ4n) is 2.08. The number of hydrogen-bond acceptors (Lipinski definition) is 6. The lowest BCUT2D eigenvalue weighted by atomic mass is 10.1. The van der Waals surface area contributed by atoms with Gasteiger partial charge in [0.15, 0.2) is 11.5 Å². The molecule has 0 radical (unpaired) electrons. The molecule has 9 heteroatoms. The molecule has 3 N–H and O–H groups in total. The molecule has 3 rings (SSSR count). The number of carbonyl (C=O) groups is 2. The Morgan fingerprint density at radius 3 is 2.76 bits per heavy atom. The summed E-state index contributed by atoms with van der Waals surface area (Å²) in [5.74, 6) is -0.722. The van der Waals surface area contributed by atoms with Gasteiger partial charge in [0, 0.05) is 29.9 Å². The molecule has 0 aliphatic carbocycles. The molecule has 0 unspecified atom stereocenters. The van der Waals surface area contributed by atoms with E-state index in [0.717, 1.165) is 11.1 Å². The van der Waals surface area contributed by atoms with Gasteiger partial charge in [0.05, 0.1) is 6.20 Å². The molecule has 0 saturated carbocycles. The normalized spacial score (nSPS) is 10.2. The van der Waals surface area contributed by atoms with Crippen molar-refractivity contribution in [1.29, 1.82) is 0 Å². The average Bonchev–Trinajstić information content (AvgIpc) is 3.11. The highest BCUT2D eigenvalue weighted by Crippen LogP contribution is 2.27. The van der Waals surface area contributed by atoms with Crippen molar-refractivity contribution in [2.24, 2.45) is 0 Å². The van der Waals surface area contributed by atoms with Crippen molar-refractivity contribution in [3.63, 3.8) is 0 Å². The Bertz CT molecular complexity index is 898. The topological polar surface area (TPSA) is 117 Å². The standard InChI is InChI=1S/C16H13N5O3S/c22-15(23)12-9-25-14(20-12)11-4-2-1-3-10(11)7-19-16(24)21-13-8-17-5-6-18-13/h1-6,8-9H,7H2,(H,22,23)(H2,18,19,21,24). The fourth-order valence-corrected chi connectivity index (χ4v) is 2.93. The van der Waals surface area contributed by atoms with Crippen molar-refractivity contribution < 1.29 is 14.7 Å². The van der Waals surface area contributed by atoms with Crippen LogP contribution in [0.15, 0.2) is 48.2 Å².